The van der Waals surface area contributed by atoms with E-state index in [0.717, 1.165) is 6.54 Å². The molecule has 1 saturated heterocycles. The molecule has 0 bridgehead atoms. The highest BCUT2D eigenvalue weighted by atomic mass is 15.0. The normalized spacial score (nSPS) is 23.8. The van der Waals surface area contributed by atoms with E-state index in [1.54, 1.807) is 0 Å². The van der Waals surface area contributed by atoms with Crippen molar-refractivity contribution in [2.45, 2.75) is 12.5 Å². The van der Waals surface area contributed by atoms with E-state index in [-0.39, 0.29) is 0 Å². The van der Waals surface area contributed by atoms with Crippen LogP contribution in [0.2, 0.25) is 0 Å². The number of nitrogens with zero attached hydrogens (tertiary/aromatic N) is 1. The van der Waals surface area contributed by atoms with Gasteiger partial charge < -0.3 is 5.32 Å². The van der Waals surface area contributed by atoms with Gasteiger partial charge in [0.1, 0.15) is 0 Å². The van der Waals surface area contributed by atoms with Gasteiger partial charge in [0, 0.05) is 6.20 Å². The number of hydrogen-bond acceptors (Lipinski definition) is 2. The maximum absolute atomic E-state index is 4.24. The van der Waals surface area contributed by atoms with Gasteiger partial charge in [0.25, 0.3) is 0 Å². The maximum atomic E-state index is 4.24. The predicted molar refractivity (Wildman–Crippen MR) is 39.6 cm³/mol. The first-order chi connectivity index (χ1) is 4.97. The van der Waals surface area contributed by atoms with Gasteiger partial charge in [-0.3, -0.25) is 4.98 Å². The number of hydrogen-bond donors (Lipinski definition) is 1. The van der Waals surface area contributed by atoms with Gasteiger partial charge in [0.15, 0.2) is 0 Å². The second-order valence-electron chi connectivity index (χ2n) is 2.55. The molecule has 0 amide bonds. The lowest BCUT2D eigenvalue weighted by atomic mass is 10.0. The average molecular weight is 134 g/mol. The second-order valence-corrected chi connectivity index (χ2v) is 2.55. The summed E-state index contributed by atoms with van der Waals surface area (Å²) in [6.07, 6.45) is 3.08. The number of aromatic nitrogens is 1. The molecule has 52 valence electrons. The fourth-order valence-corrected chi connectivity index (χ4v) is 1.12. The summed E-state index contributed by atoms with van der Waals surface area (Å²) in [6, 6.07) is 6.57. The third-order valence-corrected chi connectivity index (χ3v) is 1.87. The first-order valence-electron chi connectivity index (χ1n) is 3.61. The van der Waals surface area contributed by atoms with Crippen molar-refractivity contribution in [3.63, 3.8) is 0 Å². The topological polar surface area (TPSA) is 24.9 Å². The Hall–Kier alpha value is -0.890. The monoisotopic (exact) mass is 134 g/mol. The van der Waals surface area contributed by atoms with E-state index in [9.17, 15) is 0 Å². The molecule has 0 spiro atoms. The molecule has 0 radical (unpaired) electrons. The molecule has 0 saturated carbocycles. The van der Waals surface area contributed by atoms with Crippen LogP contribution in [0.1, 0.15) is 18.2 Å². The van der Waals surface area contributed by atoms with Gasteiger partial charge in [0.05, 0.1) is 11.7 Å². The molecule has 2 heterocycles. The first-order valence-corrected chi connectivity index (χ1v) is 3.61. The Morgan fingerprint density at radius 3 is 2.90 bits per heavy atom. The summed E-state index contributed by atoms with van der Waals surface area (Å²) >= 11 is 0. The minimum atomic E-state index is 0.529. The highest BCUT2D eigenvalue weighted by Gasteiger charge is 2.18. The Labute approximate surface area is 60.3 Å². The molecule has 10 heavy (non-hydrogen) atoms. The molecule has 1 aromatic rings. The van der Waals surface area contributed by atoms with Crippen LogP contribution in [0.4, 0.5) is 0 Å². The molecule has 1 aromatic heterocycles. The third-order valence-electron chi connectivity index (χ3n) is 1.87. The van der Waals surface area contributed by atoms with Crippen LogP contribution in [0.3, 0.4) is 0 Å². The Kier molecular flexibility index (Phi) is 1.40. The van der Waals surface area contributed by atoms with Crippen LogP contribution >= 0.6 is 0 Å². The van der Waals surface area contributed by atoms with E-state index in [1.807, 2.05) is 18.3 Å². The predicted octanol–water partition coefficient (Wildman–Crippen LogP) is 1.12. The van der Waals surface area contributed by atoms with Gasteiger partial charge in [-0.05, 0) is 25.1 Å². The van der Waals surface area contributed by atoms with Gasteiger partial charge in [-0.1, -0.05) is 6.07 Å². The van der Waals surface area contributed by atoms with Crippen LogP contribution in [-0.4, -0.2) is 11.5 Å². The van der Waals surface area contributed by atoms with E-state index in [0.29, 0.717) is 6.04 Å². The van der Waals surface area contributed by atoms with Crippen molar-refractivity contribution >= 4 is 0 Å². The minimum Gasteiger partial charge on any atom is -0.309 e. The van der Waals surface area contributed by atoms with Gasteiger partial charge in [-0.25, -0.2) is 0 Å². The van der Waals surface area contributed by atoms with Crippen molar-refractivity contribution in [1.29, 1.82) is 0 Å². The van der Waals surface area contributed by atoms with E-state index in [4.69, 9.17) is 0 Å². The van der Waals surface area contributed by atoms with Crippen molar-refractivity contribution < 1.29 is 0 Å². The second kappa shape index (κ2) is 2.39. The molecule has 1 fully saturated rings. The van der Waals surface area contributed by atoms with Crippen LogP contribution in [0.15, 0.2) is 24.4 Å². The molecular formula is C8H10N2. The van der Waals surface area contributed by atoms with Gasteiger partial charge in [0.2, 0.25) is 0 Å². The lowest BCUT2D eigenvalue weighted by Crippen LogP contribution is -2.35. The molecule has 1 N–H and O–H groups in total. The maximum Gasteiger partial charge on any atom is 0.0573 e. The molecule has 2 rings (SSSR count). The Balaban J connectivity index is 2.18. The van der Waals surface area contributed by atoms with Crippen LogP contribution in [0.25, 0.3) is 0 Å². The standard InChI is InChI=1S/C8H10N2/c1-2-5-9-7(3-1)8-4-6-10-8/h1-3,5,8,10H,4,6H2. The van der Waals surface area contributed by atoms with E-state index in [1.165, 1.54) is 12.1 Å². The summed E-state index contributed by atoms with van der Waals surface area (Å²) in [5, 5.41) is 3.30. The lowest BCUT2D eigenvalue weighted by Gasteiger charge is -2.26. The van der Waals surface area contributed by atoms with Gasteiger partial charge in [-0.2, -0.15) is 0 Å². The molecule has 0 aliphatic carbocycles. The zero-order valence-corrected chi connectivity index (χ0v) is 5.75. The summed E-state index contributed by atoms with van der Waals surface area (Å²) in [5.41, 5.74) is 1.17. The quantitative estimate of drug-likeness (QED) is 0.622. The highest BCUT2D eigenvalue weighted by Crippen LogP contribution is 2.19. The summed E-state index contributed by atoms with van der Waals surface area (Å²) in [5.74, 6) is 0. The van der Waals surface area contributed by atoms with Crippen molar-refractivity contribution in [1.82, 2.24) is 10.3 Å². The van der Waals surface area contributed by atoms with Crippen LogP contribution in [0, 0.1) is 0 Å². The lowest BCUT2D eigenvalue weighted by molar-refractivity contribution is 0.375. The zero-order valence-electron chi connectivity index (χ0n) is 5.75. The van der Waals surface area contributed by atoms with E-state index >= 15 is 0 Å². The molecule has 1 unspecified atom stereocenters. The number of nitrogens with one attached hydrogen (secondary N) is 1. The molecule has 1 aliphatic rings. The summed E-state index contributed by atoms with van der Waals surface area (Å²) < 4.78 is 0. The van der Waals surface area contributed by atoms with Gasteiger partial charge in [-0.15, -0.1) is 0 Å². The van der Waals surface area contributed by atoms with Crippen molar-refractivity contribution in [3.8, 4) is 0 Å². The number of pyridine rings is 1. The first kappa shape index (κ1) is 5.86. The Morgan fingerprint density at radius 2 is 2.40 bits per heavy atom. The van der Waals surface area contributed by atoms with Crippen LogP contribution in [-0.2, 0) is 0 Å². The van der Waals surface area contributed by atoms with Crippen LogP contribution in [0.5, 0.6) is 0 Å². The number of rotatable bonds is 1. The summed E-state index contributed by atoms with van der Waals surface area (Å²) in [6.45, 7) is 1.14. The average Bonchev–Trinajstić information content (AvgIpc) is 1.86. The Bertz CT molecular complexity index is 204. The minimum absolute atomic E-state index is 0.529. The fraction of sp³-hybridized carbons (Fsp3) is 0.375. The molecule has 2 nitrogen and oxygen atoms in total. The van der Waals surface area contributed by atoms with Crippen molar-refractivity contribution in [2.75, 3.05) is 6.54 Å². The van der Waals surface area contributed by atoms with Crippen molar-refractivity contribution in [2.24, 2.45) is 0 Å². The van der Waals surface area contributed by atoms with E-state index in [2.05, 4.69) is 16.4 Å². The largest absolute Gasteiger partial charge is 0.309 e. The smallest absolute Gasteiger partial charge is 0.0573 e. The SMILES string of the molecule is c1ccc(C2CCN2)nc1. The highest BCUT2D eigenvalue weighted by molar-refractivity contribution is 5.10. The third kappa shape index (κ3) is 0.907. The molecular weight excluding hydrogens is 124 g/mol. The molecule has 0 aromatic carbocycles. The van der Waals surface area contributed by atoms with Crippen LogP contribution < -0.4 is 5.32 Å². The summed E-state index contributed by atoms with van der Waals surface area (Å²) in [4.78, 5) is 4.24. The molecule has 2 heteroatoms. The molecule has 1 atom stereocenters. The zero-order chi connectivity index (χ0) is 6.81. The van der Waals surface area contributed by atoms with Crippen molar-refractivity contribution in [3.05, 3.63) is 30.1 Å². The summed E-state index contributed by atoms with van der Waals surface area (Å²) in [7, 11) is 0. The molecule has 1 aliphatic heterocycles. The Morgan fingerprint density at radius 1 is 1.50 bits per heavy atom. The fourth-order valence-electron chi connectivity index (χ4n) is 1.12. The van der Waals surface area contributed by atoms with E-state index < -0.39 is 0 Å². The van der Waals surface area contributed by atoms with Gasteiger partial charge >= 0.3 is 0 Å².